The monoisotopic (exact) mass is 455 g/mol. The SMILES string of the molecule is CN=C(NCC(C)Oc1ccc(Cl)cc1)NCC(C)(C)OC.I. The molecular weight excluding hydrogens is 429 g/mol. The fourth-order valence-electron chi connectivity index (χ4n) is 1.62. The van der Waals surface area contributed by atoms with Gasteiger partial charge in [-0.1, -0.05) is 11.6 Å². The number of ether oxygens (including phenoxy) is 2. The van der Waals surface area contributed by atoms with Gasteiger partial charge in [0.1, 0.15) is 11.9 Å². The summed E-state index contributed by atoms with van der Waals surface area (Å²) in [5.74, 6) is 1.51. The molecule has 0 bridgehead atoms. The summed E-state index contributed by atoms with van der Waals surface area (Å²) in [6.07, 6.45) is -0.00448. The standard InChI is InChI=1S/C16H26ClN3O2.HI/c1-12(22-14-8-6-13(17)7-9-14)10-19-15(18-4)20-11-16(2,3)21-5;/h6-9,12H,10-11H2,1-5H3,(H2,18,19,20);1H. The van der Waals surface area contributed by atoms with Gasteiger partial charge >= 0.3 is 0 Å². The Hall–Kier alpha value is -0.730. The molecule has 1 atom stereocenters. The predicted octanol–water partition coefficient (Wildman–Crippen LogP) is 3.32. The topological polar surface area (TPSA) is 54.9 Å². The van der Waals surface area contributed by atoms with E-state index in [-0.39, 0.29) is 35.7 Å². The molecule has 23 heavy (non-hydrogen) atoms. The predicted molar refractivity (Wildman–Crippen MR) is 107 cm³/mol. The molecule has 1 unspecified atom stereocenters. The minimum Gasteiger partial charge on any atom is -0.489 e. The van der Waals surface area contributed by atoms with Gasteiger partial charge in [0.25, 0.3) is 0 Å². The number of rotatable bonds is 7. The largest absolute Gasteiger partial charge is 0.489 e. The van der Waals surface area contributed by atoms with Crippen LogP contribution in [0.3, 0.4) is 0 Å². The summed E-state index contributed by atoms with van der Waals surface area (Å²) < 4.78 is 11.2. The van der Waals surface area contributed by atoms with Crippen molar-refractivity contribution in [1.29, 1.82) is 0 Å². The molecule has 0 spiro atoms. The number of aliphatic imine (C=N–C) groups is 1. The second kappa shape index (κ2) is 10.9. The Morgan fingerprint density at radius 1 is 1.26 bits per heavy atom. The van der Waals surface area contributed by atoms with Crippen LogP contribution in [0.1, 0.15) is 20.8 Å². The Morgan fingerprint density at radius 2 is 1.87 bits per heavy atom. The maximum Gasteiger partial charge on any atom is 0.191 e. The molecule has 0 saturated heterocycles. The van der Waals surface area contributed by atoms with E-state index < -0.39 is 0 Å². The van der Waals surface area contributed by atoms with Crippen molar-refractivity contribution in [3.8, 4) is 5.75 Å². The highest BCUT2D eigenvalue weighted by atomic mass is 127. The third-order valence-corrected chi connectivity index (χ3v) is 3.42. The summed E-state index contributed by atoms with van der Waals surface area (Å²) in [4.78, 5) is 4.18. The van der Waals surface area contributed by atoms with E-state index in [1.165, 1.54) is 0 Å². The van der Waals surface area contributed by atoms with E-state index in [1.807, 2.05) is 45.0 Å². The molecule has 0 aromatic heterocycles. The van der Waals surface area contributed by atoms with Crippen molar-refractivity contribution in [1.82, 2.24) is 10.6 Å². The zero-order chi connectivity index (χ0) is 16.6. The van der Waals surface area contributed by atoms with Crippen molar-refractivity contribution in [3.63, 3.8) is 0 Å². The first kappa shape index (κ1) is 22.3. The van der Waals surface area contributed by atoms with E-state index in [2.05, 4.69) is 15.6 Å². The number of halogens is 2. The van der Waals surface area contributed by atoms with Gasteiger partial charge in [0.15, 0.2) is 5.96 Å². The van der Waals surface area contributed by atoms with Gasteiger partial charge in [0, 0.05) is 25.7 Å². The van der Waals surface area contributed by atoms with Gasteiger partial charge in [-0.2, -0.15) is 0 Å². The van der Waals surface area contributed by atoms with E-state index in [1.54, 1.807) is 14.2 Å². The van der Waals surface area contributed by atoms with Crippen molar-refractivity contribution >= 4 is 41.5 Å². The molecule has 0 saturated carbocycles. The van der Waals surface area contributed by atoms with Gasteiger partial charge in [-0.3, -0.25) is 4.99 Å². The van der Waals surface area contributed by atoms with Gasteiger partial charge in [-0.05, 0) is 45.0 Å². The zero-order valence-electron chi connectivity index (χ0n) is 14.4. The maximum atomic E-state index is 5.85. The number of hydrogen-bond acceptors (Lipinski definition) is 3. The van der Waals surface area contributed by atoms with Crippen LogP contribution in [-0.4, -0.2) is 44.9 Å². The van der Waals surface area contributed by atoms with Gasteiger partial charge in [-0.25, -0.2) is 0 Å². The van der Waals surface area contributed by atoms with Crippen LogP contribution in [0.5, 0.6) is 5.75 Å². The lowest BCUT2D eigenvalue weighted by Gasteiger charge is -2.25. The van der Waals surface area contributed by atoms with Crippen LogP contribution in [0.15, 0.2) is 29.3 Å². The third kappa shape index (κ3) is 9.22. The number of methoxy groups -OCH3 is 1. The third-order valence-electron chi connectivity index (χ3n) is 3.17. The number of benzene rings is 1. The first-order chi connectivity index (χ1) is 10.4. The Bertz CT molecular complexity index is 481. The molecule has 0 radical (unpaired) electrons. The zero-order valence-corrected chi connectivity index (χ0v) is 17.4. The highest BCUT2D eigenvalue weighted by molar-refractivity contribution is 14.0. The summed E-state index contributed by atoms with van der Waals surface area (Å²) in [6, 6.07) is 7.33. The fourth-order valence-corrected chi connectivity index (χ4v) is 1.74. The number of nitrogens with one attached hydrogen (secondary N) is 2. The summed E-state index contributed by atoms with van der Waals surface area (Å²) in [5, 5.41) is 7.16. The minimum absolute atomic E-state index is 0. The van der Waals surface area contributed by atoms with E-state index in [0.29, 0.717) is 18.1 Å². The molecule has 1 rings (SSSR count). The quantitative estimate of drug-likeness (QED) is 0.376. The van der Waals surface area contributed by atoms with Crippen molar-refractivity contribution in [3.05, 3.63) is 29.3 Å². The normalized spacial score (nSPS) is 13.0. The van der Waals surface area contributed by atoms with Crippen LogP contribution in [0.4, 0.5) is 0 Å². The molecule has 0 fully saturated rings. The first-order valence-electron chi connectivity index (χ1n) is 7.28. The van der Waals surface area contributed by atoms with Gasteiger partial charge in [-0.15, -0.1) is 24.0 Å². The van der Waals surface area contributed by atoms with Crippen LogP contribution < -0.4 is 15.4 Å². The van der Waals surface area contributed by atoms with Gasteiger partial charge in [0.05, 0.1) is 12.1 Å². The molecule has 1 aromatic carbocycles. The highest BCUT2D eigenvalue weighted by Crippen LogP contribution is 2.16. The van der Waals surface area contributed by atoms with Crippen LogP contribution in [0, 0.1) is 0 Å². The van der Waals surface area contributed by atoms with E-state index in [4.69, 9.17) is 21.1 Å². The molecule has 0 heterocycles. The lowest BCUT2D eigenvalue weighted by Crippen LogP contribution is -2.47. The molecule has 0 aliphatic heterocycles. The smallest absolute Gasteiger partial charge is 0.191 e. The molecule has 0 aliphatic rings. The number of hydrogen-bond donors (Lipinski definition) is 2. The first-order valence-corrected chi connectivity index (χ1v) is 7.66. The Labute approximate surface area is 161 Å². The van der Waals surface area contributed by atoms with Crippen LogP contribution in [0.2, 0.25) is 5.02 Å². The van der Waals surface area contributed by atoms with Crippen molar-refractivity contribution in [2.75, 3.05) is 27.2 Å². The van der Waals surface area contributed by atoms with Crippen molar-refractivity contribution in [2.24, 2.45) is 4.99 Å². The Balaban J connectivity index is 0.00000484. The summed E-state index contributed by atoms with van der Waals surface area (Å²) >= 11 is 5.85. The lowest BCUT2D eigenvalue weighted by atomic mass is 10.1. The van der Waals surface area contributed by atoms with Gasteiger partial charge < -0.3 is 20.1 Å². The average Bonchev–Trinajstić information content (AvgIpc) is 2.50. The molecule has 5 nitrogen and oxygen atoms in total. The fraction of sp³-hybridized carbons (Fsp3) is 0.562. The Morgan fingerprint density at radius 3 is 2.39 bits per heavy atom. The average molecular weight is 456 g/mol. The number of nitrogens with zero attached hydrogens (tertiary/aromatic N) is 1. The number of guanidine groups is 1. The van der Waals surface area contributed by atoms with Crippen molar-refractivity contribution in [2.45, 2.75) is 32.5 Å². The molecule has 7 heteroatoms. The molecule has 2 N–H and O–H groups in total. The molecule has 0 aliphatic carbocycles. The Kier molecular flexibility index (Phi) is 10.6. The molecule has 132 valence electrons. The van der Waals surface area contributed by atoms with Crippen LogP contribution in [0.25, 0.3) is 0 Å². The van der Waals surface area contributed by atoms with Crippen LogP contribution >= 0.6 is 35.6 Å². The molecular formula is C16H27ClIN3O2. The maximum absolute atomic E-state index is 5.85. The second-order valence-corrected chi connectivity index (χ2v) is 6.09. The minimum atomic E-state index is -0.247. The lowest BCUT2D eigenvalue weighted by molar-refractivity contribution is 0.0268. The molecule has 0 amide bonds. The van der Waals surface area contributed by atoms with Gasteiger partial charge in [0.2, 0.25) is 0 Å². The van der Waals surface area contributed by atoms with E-state index >= 15 is 0 Å². The second-order valence-electron chi connectivity index (χ2n) is 5.65. The van der Waals surface area contributed by atoms with E-state index in [0.717, 1.165) is 11.7 Å². The van der Waals surface area contributed by atoms with E-state index in [9.17, 15) is 0 Å². The molecule has 1 aromatic rings. The van der Waals surface area contributed by atoms with Crippen molar-refractivity contribution < 1.29 is 9.47 Å². The van der Waals surface area contributed by atoms with Crippen LogP contribution in [-0.2, 0) is 4.74 Å². The summed E-state index contributed by atoms with van der Waals surface area (Å²) in [5.41, 5.74) is -0.247. The summed E-state index contributed by atoms with van der Waals surface area (Å²) in [6.45, 7) is 7.32. The summed E-state index contributed by atoms with van der Waals surface area (Å²) in [7, 11) is 3.43. The highest BCUT2D eigenvalue weighted by Gasteiger charge is 2.16.